The van der Waals surface area contributed by atoms with E-state index < -0.39 is 33.8 Å². The molecule has 10 heteroatoms. The van der Waals surface area contributed by atoms with E-state index in [1.807, 2.05) is 0 Å². The fourth-order valence-corrected chi connectivity index (χ4v) is 4.34. The third-order valence-electron chi connectivity index (χ3n) is 4.77. The zero-order valence-electron chi connectivity index (χ0n) is 17.0. The van der Waals surface area contributed by atoms with E-state index >= 15 is 0 Å². The highest BCUT2D eigenvalue weighted by atomic mass is 35.5. The Bertz CT molecular complexity index is 992. The van der Waals surface area contributed by atoms with Crippen LogP contribution in [0.5, 0.6) is 5.75 Å². The molecule has 30 heavy (non-hydrogen) atoms. The average molecular weight is 458 g/mol. The quantitative estimate of drug-likeness (QED) is 0.379. The zero-order valence-corrected chi connectivity index (χ0v) is 18.6. The maximum Gasteiger partial charge on any atom is 0.260 e. The molecule has 8 nitrogen and oxygen atoms in total. The van der Waals surface area contributed by atoms with Gasteiger partial charge in [-0.1, -0.05) is 11.6 Å². The monoisotopic (exact) mass is 457 g/mol. The van der Waals surface area contributed by atoms with Crippen molar-refractivity contribution in [2.75, 3.05) is 26.0 Å². The molecule has 1 N–H and O–H groups in total. The van der Waals surface area contributed by atoms with Gasteiger partial charge in [0.2, 0.25) is 0 Å². The molecule has 1 aromatic carbocycles. The summed E-state index contributed by atoms with van der Waals surface area (Å²) in [6, 6.07) is 2.36. The van der Waals surface area contributed by atoms with Crippen LogP contribution in [0.25, 0.3) is 5.76 Å². The molecular weight excluding hydrogens is 434 g/mol. The van der Waals surface area contributed by atoms with Gasteiger partial charge in [0.15, 0.2) is 33.8 Å². The van der Waals surface area contributed by atoms with Crippen molar-refractivity contribution in [2.45, 2.75) is 38.0 Å². The fraction of sp³-hybridized carbons (Fsp3) is 0.450. The Morgan fingerprint density at radius 1 is 1.17 bits per heavy atom. The number of nitrogens with zero attached hydrogens (tertiary/aromatic N) is 1. The highest BCUT2D eigenvalue weighted by molar-refractivity contribution is 7.90. The van der Waals surface area contributed by atoms with Gasteiger partial charge in [0.25, 0.3) is 5.91 Å². The molecule has 0 aliphatic heterocycles. The van der Waals surface area contributed by atoms with Crippen LogP contribution in [0.4, 0.5) is 0 Å². The number of hydrogen-bond donors (Lipinski definition) is 1. The van der Waals surface area contributed by atoms with Crippen LogP contribution in [0.15, 0.2) is 22.6 Å². The first-order valence-corrected chi connectivity index (χ1v) is 11.7. The summed E-state index contributed by atoms with van der Waals surface area (Å²) in [7, 11) is -3.79. The molecule has 0 heterocycles. The van der Waals surface area contributed by atoms with Crippen LogP contribution in [0.3, 0.4) is 0 Å². The summed E-state index contributed by atoms with van der Waals surface area (Å²) in [6.45, 7) is 4.01. The third kappa shape index (κ3) is 5.02. The second-order valence-corrected chi connectivity index (χ2v) is 9.17. The molecule has 0 saturated heterocycles. The van der Waals surface area contributed by atoms with Gasteiger partial charge >= 0.3 is 0 Å². The number of benzene rings is 1. The van der Waals surface area contributed by atoms with E-state index in [2.05, 4.69) is 0 Å². The molecule has 1 aliphatic carbocycles. The molecular formula is C20H24ClNO7S. The molecule has 0 atom stereocenters. The number of rotatable bonds is 7. The molecule has 1 saturated carbocycles. The maximum atomic E-state index is 12.3. The van der Waals surface area contributed by atoms with Crippen LogP contribution in [-0.4, -0.2) is 61.9 Å². The number of amides is 1. The van der Waals surface area contributed by atoms with Gasteiger partial charge < -0.3 is 14.7 Å². The van der Waals surface area contributed by atoms with E-state index in [0.29, 0.717) is 19.5 Å². The molecule has 0 bridgehead atoms. The number of hydrogen-bond acceptors (Lipinski definition) is 7. The van der Waals surface area contributed by atoms with E-state index in [1.165, 1.54) is 11.0 Å². The number of ether oxygens (including phenoxy) is 1. The van der Waals surface area contributed by atoms with Crippen molar-refractivity contribution in [3.63, 3.8) is 0 Å². The molecule has 1 amide bonds. The fourth-order valence-electron chi connectivity index (χ4n) is 3.16. The first-order valence-electron chi connectivity index (χ1n) is 9.46. The van der Waals surface area contributed by atoms with Crippen LogP contribution < -0.4 is 4.74 Å². The summed E-state index contributed by atoms with van der Waals surface area (Å²) in [5.74, 6) is -2.34. The Kier molecular flexibility index (Phi) is 7.65. The van der Waals surface area contributed by atoms with Crippen LogP contribution in [0, 0.1) is 0 Å². The van der Waals surface area contributed by atoms with Gasteiger partial charge in [-0.15, -0.1) is 0 Å². The molecule has 1 aliphatic rings. The average Bonchev–Trinajstić information content (AvgIpc) is 2.66. The molecule has 0 aromatic heterocycles. The summed E-state index contributed by atoms with van der Waals surface area (Å²) in [5, 5.41) is 10.3. The molecule has 2 rings (SSSR count). The number of aliphatic hydroxyl groups is 1. The van der Waals surface area contributed by atoms with Gasteiger partial charge in [0.05, 0.1) is 5.02 Å². The SMILES string of the molecule is CCN(CC)C(=O)COc1c(S(C)(=O)=O)ccc(C(O)=C2C(=O)CCCC2=O)c1Cl. The van der Waals surface area contributed by atoms with Crippen molar-refractivity contribution in [2.24, 2.45) is 0 Å². The predicted molar refractivity (Wildman–Crippen MR) is 111 cm³/mol. The summed E-state index contributed by atoms with van der Waals surface area (Å²) in [4.78, 5) is 37.8. The smallest absolute Gasteiger partial charge is 0.260 e. The van der Waals surface area contributed by atoms with E-state index in [9.17, 15) is 27.9 Å². The second kappa shape index (κ2) is 9.61. The summed E-state index contributed by atoms with van der Waals surface area (Å²) < 4.78 is 29.8. The normalized spacial score (nSPS) is 14.6. The van der Waals surface area contributed by atoms with Gasteiger partial charge in [-0.05, 0) is 32.4 Å². The second-order valence-electron chi connectivity index (χ2n) is 6.80. The van der Waals surface area contributed by atoms with Crippen molar-refractivity contribution >= 4 is 44.7 Å². The molecule has 1 aromatic rings. The van der Waals surface area contributed by atoms with Crippen LogP contribution in [0.2, 0.25) is 5.02 Å². The Morgan fingerprint density at radius 2 is 1.73 bits per heavy atom. The van der Waals surface area contributed by atoms with E-state index in [1.54, 1.807) is 13.8 Å². The number of Topliss-reactive ketones (excluding diaryl/α,β-unsaturated/α-hetero) is 2. The van der Waals surface area contributed by atoms with Gasteiger partial charge in [0.1, 0.15) is 16.2 Å². The minimum Gasteiger partial charge on any atom is -0.506 e. The minimum atomic E-state index is -3.79. The van der Waals surface area contributed by atoms with Crippen molar-refractivity contribution in [3.8, 4) is 5.75 Å². The number of likely N-dealkylation sites (N-methyl/N-ethyl adjacent to an activating group) is 1. The lowest BCUT2D eigenvalue weighted by molar-refractivity contribution is -0.133. The lowest BCUT2D eigenvalue weighted by Gasteiger charge is -2.20. The number of allylic oxidation sites excluding steroid dienone is 1. The van der Waals surface area contributed by atoms with Gasteiger partial charge in [-0.3, -0.25) is 14.4 Å². The van der Waals surface area contributed by atoms with E-state index in [0.717, 1.165) is 12.3 Å². The predicted octanol–water partition coefficient (Wildman–Crippen LogP) is 2.58. The Morgan fingerprint density at radius 3 is 2.23 bits per heavy atom. The van der Waals surface area contributed by atoms with Gasteiger partial charge in [0, 0.05) is 37.8 Å². The topological polar surface area (TPSA) is 118 Å². The summed E-state index contributed by atoms with van der Waals surface area (Å²) in [6.07, 6.45) is 1.58. The number of halogens is 1. The first-order chi connectivity index (χ1) is 14.0. The summed E-state index contributed by atoms with van der Waals surface area (Å²) in [5.41, 5.74) is -0.478. The number of carbonyl (C=O) groups is 3. The van der Waals surface area contributed by atoms with Crippen LogP contribution in [0.1, 0.15) is 38.7 Å². The highest BCUT2D eigenvalue weighted by Crippen LogP contribution is 2.39. The molecule has 0 radical (unpaired) electrons. The molecule has 0 spiro atoms. The third-order valence-corrected chi connectivity index (χ3v) is 6.27. The Hall–Kier alpha value is -2.39. The number of sulfone groups is 1. The molecule has 0 unspecified atom stereocenters. The lowest BCUT2D eigenvalue weighted by Crippen LogP contribution is -2.34. The molecule has 164 valence electrons. The molecule has 1 fully saturated rings. The van der Waals surface area contributed by atoms with Crippen LogP contribution in [-0.2, 0) is 24.2 Å². The van der Waals surface area contributed by atoms with Crippen molar-refractivity contribution < 1.29 is 32.6 Å². The lowest BCUT2D eigenvalue weighted by atomic mass is 9.90. The Labute approximate surface area is 180 Å². The highest BCUT2D eigenvalue weighted by Gasteiger charge is 2.30. The minimum absolute atomic E-state index is 0.117. The van der Waals surface area contributed by atoms with Crippen LogP contribution >= 0.6 is 11.6 Å². The Balaban J connectivity index is 2.56. The van der Waals surface area contributed by atoms with E-state index in [4.69, 9.17) is 16.3 Å². The van der Waals surface area contributed by atoms with Gasteiger partial charge in [-0.2, -0.15) is 0 Å². The number of aliphatic hydroxyl groups excluding tert-OH is 1. The standard InChI is InChI=1S/C20H24ClNO7S/c1-4-22(5-2)16(25)11-29-20-15(30(3,27)28)10-9-12(18(20)21)19(26)17-13(23)7-6-8-14(17)24/h9-10,26H,4-8,11H2,1-3H3. The number of ketones is 2. The number of carbonyl (C=O) groups excluding carboxylic acids is 3. The summed E-state index contributed by atoms with van der Waals surface area (Å²) >= 11 is 6.33. The zero-order chi connectivity index (χ0) is 22.6. The first kappa shape index (κ1) is 23.9. The van der Waals surface area contributed by atoms with Crippen molar-refractivity contribution in [3.05, 3.63) is 28.3 Å². The van der Waals surface area contributed by atoms with Crippen molar-refractivity contribution in [1.29, 1.82) is 0 Å². The van der Waals surface area contributed by atoms with E-state index in [-0.39, 0.29) is 45.6 Å². The maximum absolute atomic E-state index is 12.3. The van der Waals surface area contributed by atoms with Crippen molar-refractivity contribution in [1.82, 2.24) is 4.90 Å². The van der Waals surface area contributed by atoms with Gasteiger partial charge in [-0.25, -0.2) is 8.42 Å². The largest absolute Gasteiger partial charge is 0.506 e.